The van der Waals surface area contributed by atoms with Crippen molar-refractivity contribution in [1.29, 1.82) is 0 Å². The predicted molar refractivity (Wildman–Crippen MR) is 59.6 cm³/mol. The summed E-state index contributed by atoms with van der Waals surface area (Å²) in [6.45, 7) is 0. The van der Waals surface area contributed by atoms with E-state index >= 15 is 0 Å². The fourth-order valence-electron chi connectivity index (χ4n) is 1.15. The number of rotatable bonds is 2. The largest absolute Gasteiger partial charge is 0.336 e. The van der Waals surface area contributed by atoms with Gasteiger partial charge in [0, 0.05) is 18.1 Å². The van der Waals surface area contributed by atoms with Crippen LogP contribution in [0.25, 0.3) is 0 Å². The first-order valence-corrected chi connectivity index (χ1v) is 4.80. The van der Waals surface area contributed by atoms with Gasteiger partial charge < -0.3 is 10.3 Å². The third-order valence-corrected chi connectivity index (χ3v) is 2.18. The molecule has 0 aliphatic heterocycles. The van der Waals surface area contributed by atoms with Crippen LogP contribution in [0.2, 0.25) is 5.02 Å². The molecule has 0 amide bonds. The summed E-state index contributed by atoms with van der Waals surface area (Å²) in [7, 11) is 0. The zero-order valence-electron chi connectivity index (χ0n) is 8.00. The Kier molecular flexibility index (Phi) is 2.87. The van der Waals surface area contributed by atoms with Crippen molar-refractivity contribution in [3.63, 3.8) is 0 Å². The molecule has 4 nitrogen and oxygen atoms in total. The average Bonchev–Trinajstić information content (AvgIpc) is 2.27. The topological polar surface area (TPSA) is 57.8 Å². The first-order valence-electron chi connectivity index (χ1n) is 4.42. The molecule has 0 unspecified atom stereocenters. The Morgan fingerprint density at radius 1 is 1.44 bits per heavy atom. The molecule has 0 fully saturated rings. The number of hydrogen-bond donors (Lipinski definition) is 2. The van der Waals surface area contributed by atoms with Crippen LogP contribution in [0.1, 0.15) is 0 Å². The van der Waals surface area contributed by atoms with Gasteiger partial charge in [0.2, 0.25) is 0 Å². The smallest absolute Gasteiger partial charge is 0.291 e. The maximum atomic E-state index is 12.9. The lowest BCUT2D eigenvalue weighted by Crippen LogP contribution is -2.12. The number of nitrogens with zero attached hydrogens (tertiary/aromatic N) is 1. The molecule has 2 aromatic rings. The predicted octanol–water partition coefficient (Wildman–Crippen LogP) is 2.31. The monoisotopic (exact) mass is 239 g/mol. The fraction of sp³-hybridized carbons (Fsp3) is 0. The highest BCUT2D eigenvalue weighted by atomic mass is 35.5. The Bertz CT molecular complexity index is 570. The third kappa shape index (κ3) is 2.20. The van der Waals surface area contributed by atoms with Gasteiger partial charge in [-0.3, -0.25) is 4.79 Å². The van der Waals surface area contributed by atoms with E-state index in [2.05, 4.69) is 15.3 Å². The Balaban J connectivity index is 2.31. The van der Waals surface area contributed by atoms with Crippen LogP contribution >= 0.6 is 11.6 Å². The highest BCUT2D eigenvalue weighted by Gasteiger charge is 2.03. The van der Waals surface area contributed by atoms with Crippen LogP contribution in [0, 0.1) is 5.82 Å². The standard InChI is InChI=1S/C10H7ClFN3O/c11-7-5-6(1-2-8(7)12)15-9-10(16)14-4-3-13-9/h1-5H,(H,13,15)(H,14,16). The van der Waals surface area contributed by atoms with Crippen molar-refractivity contribution in [2.24, 2.45) is 0 Å². The number of hydrogen-bond acceptors (Lipinski definition) is 3. The Morgan fingerprint density at radius 2 is 2.25 bits per heavy atom. The lowest BCUT2D eigenvalue weighted by atomic mass is 10.3. The molecule has 6 heteroatoms. The molecular formula is C10H7ClFN3O. The summed E-state index contributed by atoms with van der Waals surface area (Å²) in [5.41, 5.74) is 0.138. The summed E-state index contributed by atoms with van der Waals surface area (Å²) < 4.78 is 12.9. The lowest BCUT2D eigenvalue weighted by molar-refractivity contribution is 0.628. The highest BCUT2D eigenvalue weighted by molar-refractivity contribution is 6.31. The number of nitrogens with one attached hydrogen (secondary N) is 2. The van der Waals surface area contributed by atoms with Crippen molar-refractivity contribution in [2.45, 2.75) is 0 Å². The van der Waals surface area contributed by atoms with Crippen LogP contribution in [-0.2, 0) is 0 Å². The lowest BCUT2D eigenvalue weighted by Gasteiger charge is -2.04. The number of aromatic amines is 1. The van der Waals surface area contributed by atoms with Crippen LogP contribution in [0.5, 0.6) is 0 Å². The van der Waals surface area contributed by atoms with E-state index in [0.29, 0.717) is 5.69 Å². The van der Waals surface area contributed by atoms with Crippen molar-refractivity contribution >= 4 is 23.1 Å². The van der Waals surface area contributed by atoms with Gasteiger partial charge in [-0.25, -0.2) is 9.37 Å². The van der Waals surface area contributed by atoms with Crippen LogP contribution in [0.4, 0.5) is 15.9 Å². The molecule has 0 saturated heterocycles. The van der Waals surface area contributed by atoms with Gasteiger partial charge in [0.25, 0.3) is 5.56 Å². The Labute approximate surface area is 95.1 Å². The minimum atomic E-state index is -0.512. The molecule has 0 spiro atoms. The van der Waals surface area contributed by atoms with Gasteiger partial charge in [-0.1, -0.05) is 11.6 Å². The van der Waals surface area contributed by atoms with Crippen molar-refractivity contribution in [2.75, 3.05) is 5.32 Å². The molecule has 0 aliphatic carbocycles. The zero-order chi connectivity index (χ0) is 11.5. The van der Waals surface area contributed by atoms with E-state index < -0.39 is 5.82 Å². The summed E-state index contributed by atoms with van der Waals surface area (Å²) in [6, 6.07) is 4.06. The highest BCUT2D eigenvalue weighted by Crippen LogP contribution is 2.20. The van der Waals surface area contributed by atoms with E-state index in [-0.39, 0.29) is 16.4 Å². The molecular weight excluding hydrogens is 233 g/mol. The molecule has 0 radical (unpaired) electrons. The second-order valence-corrected chi connectivity index (χ2v) is 3.43. The van der Waals surface area contributed by atoms with Gasteiger partial charge in [0.1, 0.15) is 5.82 Å². The number of H-pyrrole nitrogens is 1. The summed E-state index contributed by atoms with van der Waals surface area (Å²) in [6.07, 6.45) is 2.86. The number of anilines is 2. The van der Waals surface area contributed by atoms with Crippen LogP contribution in [0.15, 0.2) is 35.4 Å². The Morgan fingerprint density at radius 3 is 2.94 bits per heavy atom. The maximum Gasteiger partial charge on any atom is 0.291 e. The van der Waals surface area contributed by atoms with Crippen LogP contribution < -0.4 is 10.9 Å². The first kappa shape index (κ1) is 10.6. The van der Waals surface area contributed by atoms with Gasteiger partial charge in [-0.15, -0.1) is 0 Å². The molecule has 2 rings (SSSR count). The summed E-state index contributed by atoms with van der Waals surface area (Å²) in [5, 5.41) is 2.72. The molecule has 0 saturated carbocycles. The summed E-state index contributed by atoms with van der Waals surface area (Å²) in [5.74, 6) is -0.382. The summed E-state index contributed by atoms with van der Waals surface area (Å²) >= 11 is 5.60. The van der Waals surface area contributed by atoms with E-state index in [9.17, 15) is 9.18 Å². The molecule has 2 N–H and O–H groups in total. The van der Waals surface area contributed by atoms with E-state index in [1.807, 2.05) is 0 Å². The van der Waals surface area contributed by atoms with Crippen molar-refractivity contribution in [3.8, 4) is 0 Å². The molecule has 1 aromatic carbocycles. The molecule has 16 heavy (non-hydrogen) atoms. The third-order valence-electron chi connectivity index (χ3n) is 1.89. The van der Waals surface area contributed by atoms with Crippen molar-refractivity contribution in [1.82, 2.24) is 9.97 Å². The number of benzene rings is 1. The molecule has 0 aliphatic rings. The van der Waals surface area contributed by atoms with Crippen molar-refractivity contribution in [3.05, 3.63) is 51.8 Å². The van der Waals surface area contributed by atoms with Gasteiger partial charge in [0.05, 0.1) is 5.02 Å². The minimum Gasteiger partial charge on any atom is -0.336 e. The molecule has 1 heterocycles. The second kappa shape index (κ2) is 4.32. The Hall–Kier alpha value is -1.88. The quantitative estimate of drug-likeness (QED) is 0.846. The van der Waals surface area contributed by atoms with E-state index in [1.54, 1.807) is 0 Å². The van der Waals surface area contributed by atoms with Gasteiger partial charge in [-0.2, -0.15) is 0 Å². The second-order valence-electron chi connectivity index (χ2n) is 3.02. The molecule has 0 atom stereocenters. The van der Waals surface area contributed by atoms with E-state index in [1.165, 1.54) is 30.6 Å². The van der Waals surface area contributed by atoms with Crippen LogP contribution in [-0.4, -0.2) is 9.97 Å². The SMILES string of the molecule is O=c1[nH]ccnc1Nc1ccc(F)c(Cl)c1. The molecule has 82 valence electrons. The average molecular weight is 240 g/mol. The van der Waals surface area contributed by atoms with E-state index in [4.69, 9.17) is 11.6 Å². The zero-order valence-corrected chi connectivity index (χ0v) is 8.75. The fourth-order valence-corrected chi connectivity index (χ4v) is 1.33. The van der Waals surface area contributed by atoms with Gasteiger partial charge in [-0.05, 0) is 18.2 Å². The number of halogens is 2. The molecule has 1 aromatic heterocycles. The summed E-state index contributed by atoms with van der Waals surface area (Å²) in [4.78, 5) is 17.6. The normalized spacial score (nSPS) is 10.1. The van der Waals surface area contributed by atoms with Crippen molar-refractivity contribution < 1.29 is 4.39 Å². The molecule has 0 bridgehead atoms. The number of aromatic nitrogens is 2. The maximum absolute atomic E-state index is 12.9. The van der Waals surface area contributed by atoms with Gasteiger partial charge >= 0.3 is 0 Å². The first-order chi connectivity index (χ1) is 7.66. The minimum absolute atomic E-state index is 0.0163. The van der Waals surface area contributed by atoms with E-state index in [0.717, 1.165) is 0 Å². The van der Waals surface area contributed by atoms with Crippen LogP contribution in [0.3, 0.4) is 0 Å². The van der Waals surface area contributed by atoms with Gasteiger partial charge in [0.15, 0.2) is 5.82 Å².